The minimum atomic E-state index is -3.87. The molecule has 5 heteroatoms. The summed E-state index contributed by atoms with van der Waals surface area (Å²) >= 11 is 0. The average Bonchev–Trinajstić information content (AvgIpc) is 2.40. The van der Waals surface area contributed by atoms with E-state index in [4.69, 9.17) is 9.05 Å². The molecule has 2 unspecified atom stereocenters. The smallest absolute Gasteiger partial charge is 0.302 e. The molecule has 19 heavy (non-hydrogen) atoms. The lowest BCUT2D eigenvalue weighted by molar-refractivity contribution is 0.112. The van der Waals surface area contributed by atoms with Crippen molar-refractivity contribution in [2.24, 2.45) is 11.8 Å². The standard InChI is InChI=1S/C14H31O4P/c1-5-9-10-14(8-4)12-18-19(15,16)17-11-13(6-2)7-3/h13-14H,5-12H2,1-4H3,(H,15,16). The molecule has 0 aliphatic carbocycles. The summed E-state index contributed by atoms with van der Waals surface area (Å²) in [4.78, 5) is 9.64. The molecule has 4 nitrogen and oxygen atoms in total. The maximum absolute atomic E-state index is 11.8. The molecule has 2 atom stereocenters. The molecule has 116 valence electrons. The largest absolute Gasteiger partial charge is 0.472 e. The van der Waals surface area contributed by atoms with Gasteiger partial charge in [0.05, 0.1) is 13.2 Å². The first kappa shape index (κ1) is 19.1. The second kappa shape index (κ2) is 10.8. The summed E-state index contributed by atoms with van der Waals surface area (Å²) in [5.41, 5.74) is 0. The molecule has 0 bridgehead atoms. The quantitative estimate of drug-likeness (QED) is 0.527. The topological polar surface area (TPSA) is 55.8 Å². The number of phosphoric acid groups is 1. The summed E-state index contributed by atoms with van der Waals surface area (Å²) in [5, 5.41) is 0. The van der Waals surface area contributed by atoms with Crippen LogP contribution in [0.3, 0.4) is 0 Å². The molecule has 0 fully saturated rings. The second-order valence-corrected chi connectivity index (χ2v) is 6.61. The third kappa shape index (κ3) is 9.61. The van der Waals surface area contributed by atoms with Gasteiger partial charge in [0.2, 0.25) is 0 Å². The molecule has 0 aromatic heterocycles. The Bertz CT molecular complexity index is 254. The van der Waals surface area contributed by atoms with Crippen LogP contribution in [0.5, 0.6) is 0 Å². The number of hydrogen-bond donors (Lipinski definition) is 1. The van der Waals surface area contributed by atoms with E-state index >= 15 is 0 Å². The number of phosphoric ester groups is 1. The summed E-state index contributed by atoms with van der Waals surface area (Å²) in [7, 11) is -3.87. The second-order valence-electron chi connectivity index (χ2n) is 5.16. The highest BCUT2D eigenvalue weighted by Gasteiger charge is 2.23. The fourth-order valence-electron chi connectivity index (χ4n) is 1.86. The third-order valence-electron chi connectivity index (χ3n) is 3.64. The normalized spacial score (nSPS) is 16.5. The van der Waals surface area contributed by atoms with Crippen LogP contribution in [0, 0.1) is 11.8 Å². The monoisotopic (exact) mass is 294 g/mol. The first-order valence-corrected chi connectivity index (χ1v) is 9.10. The molecular weight excluding hydrogens is 263 g/mol. The summed E-state index contributed by atoms with van der Waals surface area (Å²) in [6, 6.07) is 0. The summed E-state index contributed by atoms with van der Waals surface area (Å²) < 4.78 is 21.9. The van der Waals surface area contributed by atoms with E-state index in [-0.39, 0.29) is 0 Å². The van der Waals surface area contributed by atoms with E-state index in [1.165, 1.54) is 0 Å². The molecule has 0 heterocycles. The molecule has 0 amide bonds. The first-order valence-electron chi connectivity index (χ1n) is 7.60. The molecule has 0 saturated heterocycles. The highest BCUT2D eigenvalue weighted by Crippen LogP contribution is 2.44. The van der Waals surface area contributed by atoms with Crippen LogP contribution in [0.1, 0.15) is 66.2 Å². The maximum atomic E-state index is 11.8. The number of rotatable bonds is 12. The van der Waals surface area contributed by atoms with Crippen LogP contribution in [-0.2, 0) is 13.6 Å². The van der Waals surface area contributed by atoms with E-state index in [2.05, 4.69) is 27.7 Å². The molecular formula is C14H31O4P. The van der Waals surface area contributed by atoms with Gasteiger partial charge in [0.15, 0.2) is 0 Å². The Morgan fingerprint density at radius 3 is 1.84 bits per heavy atom. The molecule has 0 aliphatic rings. The van der Waals surface area contributed by atoms with Crippen molar-refractivity contribution in [3.63, 3.8) is 0 Å². The Balaban J connectivity index is 4.03. The minimum absolute atomic E-state index is 0.298. The fraction of sp³-hybridized carbons (Fsp3) is 1.00. The van der Waals surface area contributed by atoms with Gasteiger partial charge in [-0.2, -0.15) is 0 Å². The molecule has 0 spiro atoms. The van der Waals surface area contributed by atoms with Crippen molar-refractivity contribution in [2.75, 3.05) is 13.2 Å². The van der Waals surface area contributed by atoms with E-state index < -0.39 is 7.82 Å². The molecule has 1 N–H and O–H groups in total. The predicted octanol–water partition coefficient (Wildman–Crippen LogP) is 4.77. The van der Waals surface area contributed by atoms with Crippen molar-refractivity contribution in [3.8, 4) is 0 Å². The van der Waals surface area contributed by atoms with Gasteiger partial charge < -0.3 is 4.89 Å². The van der Waals surface area contributed by atoms with Crippen LogP contribution in [-0.4, -0.2) is 18.1 Å². The summed E-state index contributed by atoms with van der Waals surface area (Å²) in [6.07, 6.45) is 6.17. The Kier molecular flexibility index (Phi) is 10.9. The lowest BCUT2D eigenvalue weighted by Crippen LogP contribution is -2.11. The van der Waals surface area contributed by atoms with Crippen LogP contribution in [0.4, 0.5) is 0 Å². The zero-order valence-corrected chi connectivity index (χ0v) is 13.8. The Morgan fingerprint density at radius 1 is 0.947 bits per heavy atom. The van der Waals surface area contributed by atoms with Gasteiger partial charge in [0.25, 0.3) is 0 Å². The highest BCUT2D eigenvalue weighted by molar-refractivity contribution is 7.47. The van der Waals surface area contributed by atoms with Gasteiger partial charge in [-0.3, -0.25) is 9.05 Å². The van der Waals surface area contributed by atoms with Crippen LogP contribution >= 0.6 is 7.82 Å². The Morgan fingerprint density at radius 2 is 1.42 bits per heavy atom. The first-order chi connectivity index (χ1) is 8.99. The lowest BCUT2D eigenvalue weighted by Gasteiger charge is -2.19. The van der Waals surface area contributed by atoms with Crippen molar-refractivity contribution in [2.45, 2.75) is 66.2 Å². The van der Waals surface area contributed by atoms with E-state index in [1.54, 1.807) is 0 Å². The van der Waals surface area contributed by atoms with Crippen LogP contribution in [0.15, 0.2) is 0 Å². The van der Waals surface area contributed by atoms with Crippen molar-refractivity contribution in [3.05, 3.63) is 0 Å². The van der Waals surface area contributed by atoms with Crippen molar-refractivity contribution in [1.29, 1.82) is 0 Å². The van der Waals surface area contributed by atoms with Crippen LogP contribution in [0.2, 0.25) is 0 Å². The maximum Gasteiger partial charge on any atom is 0.472 e. The molecule has 0 radical (unpaired) electrons. The number of hydrogen-bond acceptors (Lipinski definition) is 3. The number of unbranched alkanes of at least 4 members (excludes halogenated alkanes) is 1. The van der Waals surface area contributed by atoms with Gasteiger partial charge in [0, 0.05) is 0 Å². The zero-order chi connectivity index (χ0) is 14.7. The van der Waals surface area contributed by atoms with Crippen LogP contribution in [0.25, 0.3) is 0 Å². The van der Waals surface area contributed by atoms with Gasteiger partial charge >= 0.3 is 7.82 Å². The highest BCUT2D eigenvalue weighted by atomic mass is 31.2. The predicted molar refractivity (Wildman–Crippen MR) is 79.1 cm³/mol. The molecule has 0 aromatic rings. The molecule has 0 saturated carbocycles. The third-order valence-corrected chi connectivity index (χ3v) is 4.60. The van der Waals surface area contributed by atoms with Crippen molar-refractivity contribution in [1.82, 2.24) is 0 Å². The Labute approximate surface area is 118 Å². The molecule has 0 aliphatic heterocycles. The van der Waals surface area contributed by atoms with Gasteiger partial charge in [-0.25, -0.2) is 4.57 Å². The lowest BCUT2D eigenvalue weighted by atomic mass is 10.0. The van der Waals surface area contributed by atoms with Crippen molar-refractivity contribution >= 4 is 7.82 Å². The zero-order valence-electron chi connectivity index (χ0n) is 12.9. The van der Waals surface area contributed by atoms with E-state index in [1.807, 2.05) is 0 Å². The van der Waals surface area contributed by atoms with E-state index in [0.29, 0.717) is 25.0 Å². The summed E-state index contributed by atoms with van der Waals surface area (Å²) in [6.45, 7) is 8.94. The molecule has 0 rings (SSSR count). The SMILES string of the molecule is CCCCC(CC)COP(=O)(O)OCC(CC)CC. The van der Waals surface area contributed by atoms with Gasteiger partial charge in [0.1, 0.15) is 0 Å². The summed E-state index contributed by atoms with van der Waals surface area (Å²) in [5.74, 6) is 0.670. The van der Waals surface area contributed by atoms with E-state index in [9.17, 15) is 9.46 Å². The molecule has 0 aromatic carbocycles. The average molecular weight is 294 g/mol. The minimum Gasteiger partial charge on any atom is -0.302 e. The van der Waals surface area contributed by atoms with Gasteiger partial charge in [-0.15, -0.1) is 0 Å². The van der Waals surface area contributed by atoms with Crippen molar-refractivity contribution < 1.29 is 18.5 Å². The van der Waals surface area contributed by atoms with E-state index in [0.717, 1.165) is 38.5 Å². The Hall–Kier alpha value is 0.110. The van der Waals surface area contributed by atoms with Crippen LogP contribution < -0.4 is 0 Å². The fourth-order valence-corrected chi connectivity index (χ4v) is 2.73. The van der Waals surface area contributed by atoms with Gasteiger partial charge in [-0.05, 0) is 18.3 Å². The van der Waals surface area contributed by atoms with Gasteiger partial charge in [-0.1, -0.05) is 59.8 Å².